The highest BCUT2D eigenvalue weighted by molar-refractivity contribution is 9.11. The first-order chi connectivity index (χ1) is 6.77. The Balaban J connectivity index is 2.57. The van der Waals surface area contributed by atoms with E-state index in [0.717, 1.165) is 20.2 Å². The fourth-order valence-electron chi connectivity index (χ4n) is 1.17. The van der Waals surface area contributed by atoms with Gasteiger partial charge in [-0.15, -0.1) is 0 Å². The Bertz CT molecular complexity index is 443. The zero-order chi connectivity index (χ0) is 9.97. The van der Waals surface area contributed by atoms with Crippen LogP contribution < -0.4 is 0 Å². The lowest BCUT2D eigenvalue weighted by Gasteiger charge is -2.03. The molecule has 0 unspecified atom stereocenters. The molecule has 0 fully saturated rings. The van der Waals surface area contributed by atoms with E-state index in [-0.39, 0.29) is 0 Å². The second-order valence-corrected chi connectivity index (χ2v) is 4.39. The molecule has 0 aromatic carbocycles. The largest absolute Gasteiger partial charge is 0.265 e. The topological polar surface area (TPSA) is 25.8 Å². The van der Waals surface area contributed by atoms with Gasteiger partial charge in [0.2, 0.25) is 0 Å². The van der Waals surface area contributed by atoms with Gasteiger partial charge in [0.05, 0.1) is 0 Å². The lowest BCUT2D eigenvalue weighted by molar-refractivity contribution is 1.26. The summed E-state index contributed by atoms with van der Waals surface area (Å²) in [5, 5.41) is 0. The van der Waals surface area contributed by atoms with Crippen molar-refractivity contribution in [2.24, 2.45) is 0 Å². The molecular formula is C10H6Br2N2. The molecule has 2 nitrogen and oxygen atoms in total. The predicted octanol–water partition coefficient (Wildman–Crippen LogP) is 3.67. The van der Waals surface area contributed by atoms with Gasteiger partial charge < -0.3 is 0 Å². The van der Waals surface area contributed by atoms with Crippen LogP contribution in [0.15, 0.2) is 45.9 Å². The van der Waals surface area contributed by atoms with E-state index in [0.29, 0.717) is 0 Å². The number of rotatable bonds is 1. The third-order valence-corrected chi connectivity index (χ3v) is 2.88. The Morgan fingerprint density at radius 3 is 2.50 bits per heavy atom. The van der Waals surface area contributed by atoms with Crippen LogP contribution in [0.5, 0.6) is 0 Å². The fraction of sp³-hybridized carbons (Fsp3) is 0. The fourth-order valence-corrected chi connectivity index (χ4v) is 1.94. The van der Waals surface area contributed by atoms with Crippen LogP contribution in [0.2, 0.25) is 0 Å². The molecule has 4 heteroatoms. The number of hydrogen-bond donors (Lipinski definition) is 0. The minimum atomic E-state index is 0.826. The Hall–Kier alpha value is -0.740. The summed E-state index contributed by atoms with van der Waals surface area (Å²) >= 11 is 6.81. The van der Waals surface area contributed by atoms with E-state index in [2.05, 4.69) is 41.8 Å². The third kappa shape index (κ3) is 2.01. The second kappa shape index (κ2) is 4.19. The van der Waals surface area contributed by atoms with E-state index < -0.39 is 0 Å². The maximum Gasteiger partial charge on any atom is 0.106 e. The van der Waals surface area contributed by atoms with Gasteiger partial charge in [0, 0.05) is 28.6 Å². The Kier molecular flexibility index (Phi) is 2.93. The maximum atomic E-state index is 4.12. The van der Waals surface area contributed by atoms with Gasteiger partial charge in [0.25, 0.3) is 0 Å². The van der Waals surface area contributed by atoms with Crippen molar-refractivity contribution in [1.29, 1.82) is 0 Å². The molecule has 0 N–H and O–H groups in total. The number of hydrogen-bond acceptors (Lipinski definition) is 2. The lowest BCUT2D eigenvalue weighted by Crippen LogP contribution is -1.83. The first-order valence-corrected chi connectivity index (χ1v) is 5.57. The molecule has 2 heterocycles. The first-order valence-electron chi connectivity index (χ1n) is 3.99. The summed E-state index contributed by atoms with van der Waals surface area (Å²) in [5.74, 6) is 0. The molecule has 0 bridgehead atoms. The maximum absolute atomic E-state index is 4.12. The summed E-state index contributed by atoms with van der Waals surface area (Å²) < 4.78 is 1.81. The van der Waals surface area contributed by atoms with Gasteiger partial charge in [-0.25, -0.2) is 4.98 Å². The average Bonchev–Trinajstić information content (AvgIpc) is 2.23. The van der Waals surface area contributed by atoms with Crippen molar-refractivity contribution in [3.63, 3.8) is 0 Å². The molecule has 2 aromatic heterocycles. The summed E-state index contributed by atoms with van der Waals surface area (Å²) in [6, 6.07) is 5.90. The van der Waals surface area contributed by atoms with Crippen LogP contribution in [-0.2, 0) is 0 Å². The van der Waals surface area contributed by atoms with Crippen LogP contribution in [-0.4, -0.2) is 9.97 Å². The molecule has 0 saturated heterocycles. The summed E-state index contributed by atoms with van der Waals surface area (Å²) in [6.45, 7) is 0. The minimum absolute atomic E-state index is 0.826. The van der Waals surface area contributed by atoms with E-state index in [1.54, 1.807) is 18.6 Å². The normalized spacial score (nSPS) is 10.1. The van der Waals surface area contributed by atoms with E-state index in [9.17, 15) is 0 Å². The molecule has 0 saturated carbocycles. The predicted molar refractivity (Wildman–Crippen MR) is 62.9 cm³/mol. The van der Waals surface area contributed by atoms with Crippen molar-refractivity contribution < 1.29 is 0 Å². The van der Waals surface area contributed by atoms with Crippen molar-refractivity contribution >= 4 is 31.9 Å². The summed E-state index contributed by atoms with van der Waals surface area (Å²) in [6.07, 6.45) is 5.33. The van der Waals surface area contributed by atoms with Gasteiger partial charge in [-0.1, -0.05) is 0 Å². The summed E-state index contributed by atoms with van der Waals surface area (Å²) in [7, 11) is 0. The molecule has 0 amide bonds. The standard InChI is InChI=1S/C10H6Br2N2/c11-9-6-14-10(12)5-8(9)7-1-3-13-4-2-7/h1-6H. The highest BCUT2D eigenvalue weighted by Crippen LogP contribution is 2.28. The van der Waals surface area contributed by atoms with Gasteiger partial charge >= 0.3 is 0 Å². The average molecular weight is 314 g/mol. The lowest BCUT2D eigenvalue weighted by atomic mass is 10.1. The molecule has 0 spiro atoms. The second-order valence-electron chi connectivity index (χ2n) is 2.72. The molecule has 0 aliphatic rings. The Labute approximate surface area is 98.7 Å². The smallest absolute Gasteiger partial charge is 0.106 e. The number of nitrogens with zero attached hydrogens (tertiary/aromatic N) is 2. The zero-order valence-electron chi connectivity index (χ0n) is 7.11. The quantitative estimate of drug-likeness (QED) is 0.751. The summed E-state index contributed by atoms with van der Waals surface area (Å²) in [4.78, 5) is 8.10. The van der Waals surface area contributed by atoms with Crippen LogP contribution in [0.1, 0.15) is 0 Å². The molecule has 2 aromatic rings. The van der Waals surface area contributed by atoms with Crippen LogP contribution in [0.25, 0.3) is 11.1 Å². The number of aromatic nitrogens is 2. The minimum Gasteiger partial charge on any atom is -0.265 e. The van der Waals surface area contributed by atoms with Gasteiger partial charge in [0.1, 0.15) is 4.60 Å². The monoisotopic (exact) mass is 312 g/mol. The third-order valence-electron chi connectivity index (χ3n) is 1.81. The summed E-state index contributed by atoms with van der Waals surface area (Å²) in [5.41, 5.74) is 2.23. The van der Waals surface area contributed by atoms with Crippen LogP contribution in [0.4, 0.5) is 0 Å². The Morgan fingerprint density at radius 1 is 1.07 bits per heavy atom. The number of halogens is 2. The van der Waals surface area contributed by atoms with Crippen molar-refractivity contribution in [2.45, 2.75) is 0 Å². The van der Waals surface area contributed by atoms with Crippen molar-refractivity contribution in [3.05, 3.63) is 45.9 Å². The molecule has 14 heavy (non-hydrogen) atoms. The molecule has 0 atom stereocenters. The van der Waals surface area contributed by atoms with Crippen LogP contribution in [0, 0.1) is 0 Å². The van der Waals surface area contributed by atoms with Crippen LogP contribution in [0.3, 0.4) is 0 Å². The highest BCUT2D eigenvalue weighted by atomic mass is 79.9. The van der Waals surface area contributed by atoms with Crippen molar-refractivity contribution in [2.75, 3.05) is 0 Å². The van der Waals surface area contributed by atoms with Crippen LogP contribution >= 0.6 is 31.9 Å². The zero-order valence-corrected chi connectivity index (χ0v) is 10.3. The SMILES string of the molecule is Brc1cc(-c2ccncc2)c(Br)cn1. The van der Waals surface area contributed by atoms with Crippen molar-refractivity contribution in [3.8, 4) is 11.1 Å². The molecule has 2 rings (SSSR count). The van der Waals surface area contributed by atoms with E-state index in [4.69, 9.17) is 0 Å². The number of pyridine rings is 2. The first kappa shape index (κ1) is 9.80. The molecular weight excluding hydrogens is 308 g/mol. The Morgan fingerprint density at radius 2 is 1.79 bits per heavy atom. The molecule has 0 aliphatic heterocycles. The molecule has 0 aliphatic carbocycles. The molecule has 0 radical (unpaired) electrons. The van der Waals surface area contributed by atoms with Crippen molar-refractivity contribution in [1.82, 2.24) is 9.97 Å². The van der Waals surface area contributed by atoms with E-state index in [1.807, 2.05) is 18.2 Å². The van der Waals surface area contributed by atoms with Gasteiger partial charge in [-0.05, 0) is 55.6 Å². The van der Waals surface area contributed by atoms with E-state index >= 15 is 0 Å². The van der Waals surface area contributed by atoms with Gasteiger partial charge in [0.15, 0.2) is 0 Å². The molecule has 70 valence electrons. The van der Waals surface area contributed by atoms with Gasteiger partial charge in [-0.3, -0.25) is 4.98 Å². The van der Waals surface area contributed by atoms with E-state index in [1.165, 1.54) is 0 Å². The van der Waals surface area contributed by atoms with Gasteiger partial charge in [-0.2, -0.15) is 0 Å². The highest BCUT2D eigenvalue weighted by Gasteiger charge is 2.03.